The monoisotopic (exact) mass is 452 g/mol. The van der Waals surface area contributed by atoms with E-state index in [-0.39, 0.29) is 35.7 Å². The molecule has 0 aliphatic carbocycles. The van der Waals surface area contributed by atoms with Crippen molar-refractivity contribution >= 4 is 0 Å². The molecule has 0 saturated heterocycles. The second kappa shape index (κ2) is 9.77. The number of hydrogen-bond donors (Lipinski definition) is 0. The molecule has 0 heterocycles. The van der Waals surface area contributed by atoms with Gasteiger partial charge >= 0.3 is 0 Å². The van der Waals surface area contributed by atoms with Crippen molar-refractivity contribution in [1.82, 2.24) is 0 Å². The van der Waals surface area contributed by atoms with Crippen molar-refractivity contribution in [3.8, 4) is 33.8 Å². The molecular weight excluding hydrogens is 432 g/mol. The molecule has 0 atom stereocenters. The summed E-state index contributed by atoms with van der Waals surface area (Å²) in [6, 6.07) is 20.7. The molecule has 0 aliphatic heterocycles. The van der Waals surface area contributed by atoms with Gasteiger partial charge in [-0.1, -0.05) is 54.6 Å². The third kappa shape index (κ3) is 4.70. The minimum Gasteiger partial charge on any atom is -0.491 e. The van der Waals surface area contributed by atoms with Crippen molar-refractivity contribution in [2.75, 3.05) is 6.61 Å². The van der Waals surface area contributed by atoms with Crippen LogP contribution in [0.25, 0.3) is 22.3 Å². The Labute approximate surface area is 189 Å². The average molecular weight is 452 g/mol. The molecule has 6 heteroatoms. The van der Waals surface area contributed by atoms with E-state index in [2.05, 4.69) is 0 Å². The zero-order valence-electron chi connectivity index (χ0n) is 17.7. The van der Waals surface area contributed by atoms with Gasteiger partial charge in [0.15, 0.2) is 23.2 Å². The maximum absolute atomic E-state index is 14.6. The van der Waals surface area contributed by atoms with Crippen LogP contribution >= 0.6 is 0 Å². The summed E-state index contributed by atoms with van der Waals surface area (Å²) in [5, 5.41) is 0. The summed E-state index contributed by atoms with van der Waals surface area (Å²) in [6.07, 6.45) is 0. The van der Waals surface area contributed by atoms with E-state index in [1.54, 1.807) is 61.5 Å². The molecule has 4 rings (SSSR count). The fourth-order valence-electron chi connectivity index (χ4n) is 3.46. The first-order valence-electron chi connectivity index (χ1n) is 10.4. The van der Waals surface area contributed by atoms with Crippen LogP contribution in [-0.4, -0.2) is 6.61 Å². The highest BCUT2D eigenvalue weighted by molar-refractivity contribution is 5.66. The maximum atomic E-state index is 14.6. The lowest BCUT2D eigenvalue weighted by Crippen LogP contribution is -2.02. The molecule has 0 amide bonds. The van der Waals surface area contributed by atoms with Gasteiger partial charge in [-0.25, -0.2) is 13.2 Å². The minimum absolute atomic E-state index is 0.0656. The Morgan fingerprint density at radius 3 is 1.85 bits per heavy atom. The summed E-state index contributed by atoms with van der Waals surface area (Å²) < 4.78 is 68.3. The van der Waals surface area contributed by atoms with E-state index in [1.807, 2.05) is 0 Å². The highest BCUT2D eigenvalue weighted by Gasteiger charge is 2.17. The fraction of sp³-hybridized carbons (Fsp3) is 0.111. The van der Waals surface area contributed by atoms with E-state index in [0.29, 0.717) is 16.9 Å². The second-order valence-corrected chi connectivity index (χ2v) is 7.25. The van der Waals surface area contributed by atoms with Gasteiger partial charge < -0.3 is 9.47 Å². The Morgan fingerprint density at radius 1 is 0.576 bits per heavy atom. The van der Waals surface area contributed by atoms with Gasteiger partial charge in [0.25, 0.3) is 0 Å². The van der Waals surface area contributed by atoms with E-state index in [0.717, 1.165) is 0 Å². The summed E-state index contributed by atoms with van der Waals surface area (Å²) in [6.45, 7) is 1.71. The normalized spacial score (nSPS) is 10.8. The Balaban J connectivity index is 1.48. The van der Waals surface area contributed by atoms with E-state index in [4.69, 9.17) is 9.47 Å². The molecule has 0 spiro atoms. The first-order chi connectivity index (χ1) is 16.0. The number of rotatable bonds is 7. The first-order valence-corrected chi connectivity index (χ1v) is 10.4. The number of benzene rings is 4. The predicted molar refractivity (Wildman–Crippen MR) is 119 cm³/mol. The lowest BCUT2D eigenvalue weighted by Gasteiger charge is -2.12. The standard InChI is InChI=1S/C27H20F4O2/c1-2-32-23-15-14-22(26(30)27(23)31)18-8-11-20(12-9-18)33-16-19-10-13-21(25(29)24(19)28)17-6-4-3-5-7-17/h3-15H,2,16H2,1H3. The Morgan fingerprint density at radius 2 is 1.18 bits per heavy atom. The SMILES string of the molecule is CCOc1ccc(-c2ccc(OCc3ccc(-c4ccccc4)c(F)c3F)cc2)c(F)c1F. The Bertz CT molecular complexity index is 1260. The van der Waals surface area contributed by atoms with Crippen LogP contribution in [0.3, 0.4) is 0 Å². The lowest BCUT2D eigenvalue weighted by molar-refractivity contribution is 0.297. The average Bonchev–Trinajstić information content (AvgIpc) is 2.84. The molecule has 4 aromatic carbocycles. The van der Waals surface area contributed by atoms with Gasteiger partial charge in [0.05, 0.1) is 6.61 Å². The van der Waals surface area contributed by atoms with Crippen LogP contribution in [0.4, 0.5) is 17.6 Å². The van der Waals surface area contributed by atoms with Crippen LogP contribution in [0.1, 0.15) is 12.5 Å². The van der Waals surface area contributed by atoms with Crippen LogP contribution in [0.2, 0.25) is 0 Å². The van der Waals surface area contributed by atoms with Gasteiger partial charge in [0.1, 0.15) is 12.4 Å². The van der Waals surface area contributed by atoms with E-state index < -0.39 is 23.3 Å². The van der Waals surface area contributed by atoms with Crippen LogP contribution in [0.15, 0.2) is 78.9 Å². The Kier molecular flexibility index (Phi) is 6.63. The quantitative estimate of drug-likeness (QED) is 0.270. The number of halogens is 4. The maximum Gasteiger partial charge on any atom is 0.201 e. The fourth-order valence-corrected chi connectivity index (χ4v) is 3.46. The zero-order valence-corrected chi connectivity index (χ0v) is 17.7. The van der Waals surface area contributed by atoms with Crippen molar-refractivity contribution < 1.29 is 27.0 Å². The molecule has 0 aliphatic rings. The molecule has 0 radical (unpaired) electrons. The third-order valence-corrected chi connectivity index (χ3v) is 5.15. The number of hydrogen-bond acceptors (Lipinski definition) is 2. The molecule has 2 nitrogen and oxygen atoms in total. The van der Waals surface area contributed by atoms with Gasteiger partial charge in [0, 0.05) is 16.7 Å². The molecule has 0 aromatic heterocycles. The summed E-state index contributed by atoms with van der Waals surface area (Å²) in [4.78, 5) is 0. The van der Waals surface area contributed by atoms with Crippen molar-refractivity contribution in [2.45, 2.75) is 13.5 Å². The second-order valence-electron chi connectivity index (χ2n) is 7.25. The van der Waals surface area contributed by atoms with Gasteiger partial charge in [-0.2, -0.15) is 4.39 Å². The number of ether oxygens (including phenoxy) is 2. The molecular formula is C27H20F4O2. The third-order valence-electron chi connectivity index (χ3n) is 5.15. The van der Waals surface area contributed by atoms with E-state index in [9.17, 15) is 17.6 Å². The summed E-state index contributed by atoms with van der Waals surface area (Å²) in [5.41, 5.74) is 1.33. The highest BCUT2D eigenvalue weighted by Crippen LogP contribution is 2.31. The van der Waals surface area contributed by atoms with Crippen molar-refractivity contribution in [1.29, 1.82) is 0 Å². The predicted octanol–water partition coefficient (Wildman–Crippen LogP) is 7.55. The molecule has 0 unspecified atom stereocenters. The van der Waals surface area contributed by atoms with E-state index >= 15 is 0 Å². The first kappa shape index (κ1) is 22.4. The summed E-state index contributed by atoms with van der Waals surface area (Å²) in [7, 11) is 0. The topological polar surface area (TPSA) is 18.5 Å². The van der Waals surface area contributed by atoms with Crippen molar-refractivity contribution in [2.24, 2.45) is 0 Å². The minimum atomic E-state index is -1.05. The van der Waals surface area contributed by atoms with Crippen molar-refractivity contribution in [3.05, 3.63) is 108 Å². The zero-order chi connectivity index (χ0) is 23.4. The van der Waals surface area contributed by atoms with E-state index in [1.165, 1.54) is 24.3 Å². The molecule has 0 fully saturated rings. The molecule has 168 valence electrons. The summed E-state index contributed by atoms with van der Waals surface area (Å²) in [5.74, 6) is -3.74. The largest absolute Gasteiger partial charge is 0.491 e. The highest BCUT2D eigenvalue weighted by atomic mass is 19.2. The Hall–Kier alpha value is -3.80. The lowest BCUT2D eigenvalue weighted by atomic mass is 10.0. The molecule has 0 N–H and O–H groups in total. The molecule has 0 bridgehead atoms. The van der Waals surface area contributed by atoms with Gasteiger partial charge in [-0.05, 0) is 42.3 Å². The summed E-state index contributed by atoms with van der Waals surface area (Å²) >= 11 is 0. The van der Waals surface area contributed by atoms with Crippen LogP contribution in [0, 0.1) is 23.3 Å². The van der Waals surface area contributed by atoms with Crippen molar-refractivity contribution in [3.63, 3.8) is 0 Å². The molecule has 33 heavy (non-hydrogen) atoms. The molecule has 4 aromatic rings. The molecule has 0 saturated carbocycles. The van der Waals surface area contributed by atoms with Gasteiger partial charge in [-0.15, -0.1) is 0 Å². The van der Waals surface area contributed by atoms with Crippen LogP contribution in [-0.2, 0) is 6.61 Å². The van der Waals surface area contributed by atoms with Crippen LogP contribution in [0.5, 0.6) is 11.5 Å². The van der Waals surface area contributed by atoms with Crippen LogP contribution < -0.4 is 9.47 Å². The van der Waals surface area contributed by atoms with Gasteiger partial charge in [-0.3, -0.25) is 0 Å². The van der Waals surface area contributed by atoms with Gasteiger partial charge in [0.2, 0.25) is 5.82 Å². The smallest absolute Gasteiger partial charge is 0.201 e.